The lowest BCUT2D eigenvalue weighted by Gasteiger charge is -2.06. The van der Waals surface area contributed by atoms with Crippen LogP contribution in [0.25, 0.3) is 0 Å². The van der Waals surface area contributed by atoms with Gasteiger partial charge in [-0.15, -0.1) is 0 Å². The predicted octanol–water partition coefficient (Wildman–Crippen LogP) is 3.94. The molecule has 2 aromatic carbocycles. The number of nitrogens with zero attached hydrogens (tertiary/aromatic N) is 1. The van der Waals surface area contributed by atoms with Gasteiger partial charge in [-0.25, -0.2) is 4.79 Å². The van der Waals surface area contributed by atoms with Crippen LogP contribution in [0.4, 0.5) is 5.69 Å². The second-order valence-corrected chi connectivity index (χ2v) is 5.27. The molecule has 0 aromatic heterocycles. The summed E-state index contributed by atoms with van der Waals surface area (Å²) >= 11 is 11.5. The zero-order chi connectivity index (χ0) is 17.0. The van der Waals surface area contributed by atoms with Crippen molar-refractivity contribution in [2.75, 3.05) is 6.61 Å². The van der Waals surface area contributed by atoms with Gasteiger partial charge in [0.15, 0.2) is 12.4 Å². The lowest BCUT2D eigenvalue weighted by molar-refractivity contribution is -0.384. The van der Waals surface area contributed by atoms with Gasteiger partial charge in [-0.2, -0.15) is 0 Å². The number of carbonyl (C=O) groups is 2. The van der Waals surface area contributed by atoms with Gasteiger partial charge in [-0.3, -0.25) is 14.9 Å². The van der Waals surface area contributed by atoms with E-state index >= 15 is 0 Å². The lowest BCUT2D eigenvalue weighted by atomic mass is 10.1. The van der Waals surface area contributed by atoms with E-state index in [2.05, 4.69) is 0 Å². The highest BCUT2D eigenvalue weighted by Crippen LogP contribution is 2.22. The maximum atomic E-state index is 11.9. The Labute approximate surface area is 140 Å². The summed E-state index contributed by atoms with van der Waals surface area (Å²) in [6.45, 7) is -0.514. The van der Waals surface area contributed by atoms with E-state index in [1.807, 2.05) is 0 Å². The Morgan fingerprint density at radius 2 is 1.74 bits per heavy atom. The van der Waals surface area contributed by atoms with Crippen LogP contribution in [0.15, 0.2) is 42.5 Å². The average molecular weight is 354 g/mol. The molecule has 0 aliphatic heterocycles. The van der Waals surface area contributed by atoms with Gasteiger partial charge < -0.3 is 4.74 Å². The second-order valence-electron chi connectivity index (χ2n) is 4.43. The van der Waals surface area contributed by atoms with E-state index in [-0.39, 0.29) is 16.3 Å². The number of hydrogen-bond donors (Lipinski definition) is 0. The Bertz CT molecular complexity index is 774. The molecule has 0 aliphatic rings. The van der Waals surface area contributed by atoms with Gasteiger partial charge in [0.1, 0.15) is 0 Å². The van der Waals surface area contributed by atoms with E-state index in [9.17, 15) is 19.7 Å². The molecule has 23 heavy (non-hydrogen) atoms. The summed E-state index contributed by atoms with van der Waals surface area (Å²) in [7, 11) is 0. The number of ketones is 1. The molecule has 0 fully saturated rings. The summed E-state index contributed by atoms with van der Waals surface area (Å²) in [6.07, 6.45) is 0. The maximum Gasteiger partial charge on any atom is 0.340 e. The molecule has 0 N–H and O–H groups in total. The number of non-ortho nitro benzene ring substituents is 1. The SMILES string of the molecule is O=C(COC(=O)c1cc([N+](=O)[O-])ccc1Cl)c1ccc(Cl)cc1. The van der Waals surface area contributed by atoms with Crippen molar-refractivity contribution in [1.29, 1.82) is 0 Å². The van der Waals surface area contributed by atoms with Crippen molar-refractivity contribution >= 4 is 40.6 Å². The summed E-state index contributed by atoms with van der Waals surface area (Å²) in [5.41, 5.74) is -0.150. The normalized spacial score (nSPS) is 10.2. The van der Waals surface area contributed by atoms with Crippen LogP contribution in [0.2, 0.25) is 10.0 Å². The van der Waals surface area contributed by atoms with Gasteiger partial charge in [0.2, 0.25) is 0 Å². The molecule has 0 saturated carbocycles. The number of carbonyl (C=O) groups excluding carboxylic acids is 2. The largest absolute Gasteiger partial charge is 0.454 e. The Morgan fingerprint density at radius 3 is 2.35 bits per heavy atom. The molecule has 2 rings (SSSR count). The van der Waals surface area contributed by atoms with E-state index in [4.69, 9.17) is 27.9 Å². The number of halogens is 2. The molecule has 8 heteroatoms. The molecule has 0 radical (unpaired) electrons. The molecule has 0 atom stereocenters. The van der Waals surface area contributed by atoms with Gasteiger partial charge in [-0.1, -0.05) is 23.2 Å². The molecule has 0 bridgehead atoms. The quantitative estimate of drug-likeness (QED) is 0.351. The van der Waals surface area contributed by atoms with E-state index in [1.165, 1.54) is 30.3 Å². The predicted molar refractivity (Wildman–Crippen MR) is 84.2 cm³/mol. The first-order valence-corrected chi connectivity index (χ1v) is 7.04. The first kappa shape index (κ1) is 16.9. The minimum atomic E-state index is -0.916. The fourth-order valence-electron chi connectivity index (χ4n) is 1.71. The first-order valence-electron chi connectivity index (χ1n) is 6.28. The standard InChI is InChI=1S/C15H9Cl2NO5/c16-10-3-1-9(2-4-10)14(19)8-23-15(20)12-7-11(18(21)22)5-6-13(12)17/h1-7H,8H2. The van der Waals surface area contributed by atoms with Gasteiger partial charge in [0.25, 0.3) is 5.69 Å². The number of benzene rings is 2. The molecule has 0 amide bonds. The van der Waals surface area contributed by atoms with Gasteiger partial charge >= 0.3 is 5.97 Å². The Kier molecular flexibility index (Phi) is 5.31. The highest BCUT2D eigenvalue weighted by molar-refractivity contribution is 6.33. The van der Waals surface area contributed by atoms with Crippen LogP contribution >= 0.6 is 23.2 Å². The third-order valence-corrected chi connectivity index (χ3v) is 3.46. The molecular formula is C15H9Cl2NO5. The zero-order valence-corrected chi connectivity index (χ0v) is 13.0. The van der Waals surface area contributed by atoms with Crippen LogP contribution in [0, 0.1) is 10.1 Å². The Hall–Kier alpha value is -2.44. The molecule has 0 aliphatic carbocycles. The van der Waals surface area contributed by atoms with Gasteiger partial charge in [-0.05, 0) is 30.3 Å². The Morgan fingerprint density at radius 1 is 1.09 bits per heavy atom. The number of Topliss-reactive ketones (excluding diaryl/α,β-unsaturated/α-hetero) is 1. The number of nitro groups is 1. The highest BCUT2D eigenvalue weighted by Gasteiger charge is 2.18. The Balaban J connectivity index is 2.07. The number of rotatable bonds is 5. The molecule has 0 spiro atoms. The molecular weight excluding hydrogens is 345 g/mol. The average Bonchev–Trinajstić information content (AvgIpc) is 2.53. The molecule has 118 valence electrons. The number of esters is 1. The summed E-state index contributed by atoms with van der Waals surface area (Å²) < 4.78 is 4.86. The molecule has 2 aromatic rings. The summed E-state index contributed by atoms with van der Waals surface area (Å²) in [4.78, 5) is 33.9. The van der Waals surface area contributed by atoms with Crippen molar-refractivity contribution in [2.24, 2.45) is 0 Å². The van der Waals surface area contributed by atoms with Crippen molar-refractivity contribution in [2.45, 2.75) is 0 Å². The van der Waals surface area contributed by atoms with E-state index in [1.54, 1.807) is 0 Å². The topological polar surface area (TPSA) is 86.5 Å². The van der Waals surface area contributed by atoms with Crippen LogP contribution in [0.5, 0.6) is 0 Å². The van der Waals surface area contributed by atoms with E-state index < -0.39 is 23.3 Å². The van der Waals surface area contributed by atoms with Crippen LogP contribution in [-0.2, 0) is 4.74 Å². The summed E-state index contributed by atoms with van der Waals surface area (Å²) in [6, 6.07) is 9.45. The fraction of sp³-hybridized carbons (Fsp3) is 0.0667. The van der Waals surface area contributed by atoms with Crippen molar-refractivity contribution in [3.05, 3.63) is 73.8 Å². The van der Waals surface area contributed by atoms with Crippen LogP contribution in [0.3, 0.4) is 0 Å². The van der Waals surface area contributed by atoms with E-state index in [0.29, 0.717) is 10.6 Å². The monoisotopic (exact) mass is 353 g/mol. The molecule has 0 unspecified atom stereocenters. The van der Waals surface area contributed by atoms with Crippen molar-refractivity contribution in [3.63, 3.8) is 0 Å². The molecule has 6 nitrogen and oxygen atoms in total. The van der Waals surface area contributed by atoms with Crippen molar-refractivity contribution in [3.8, 4) is 0 Å². The minimum absolute atomic E-state index is 0.000424. The van der Waals surface area contributed by atoms with Crippen LogP contribution in [-0.4, -0.2) is 23.3 Å². The number of hydrogen-bond acceptors (Lipinski definition) is 5. The van der Waals surface area contributed by atoms with Crippen molar-refractivity contribution < 1.29 is 19.2 Å². The number of ether oxygens (including phenoxy) is 1. The zero-order valence-electron chi connectivity index (χ0n) is 11.5. The maximum absolute atomic E-state index is 11.9. The lowest BCUT2D eigenvalue weighted by Crippen LogP contribution is -2.14. The summed E-state index contributed by atoms with van der Waals surface area (Å²) in [5, 5.41) is 11.2. The van der Waals surface area contributed by atoms with Gasteiger partial charge in [0.05, 0.1) is 15.5 Å². The first-order chi connectivity index (χ1) is 10.9. The van der Waals surface area contributed by atoms with Crippen molar-refractivity contribution in [1.82, 2.24) is 0 Å². The molecule has 0 heterocycles. The third-order valence-electron chi connectivity index (χ3n) is 2.88. The third kappa shape index (κ3) is 4.28. The molecule has 0 saturated heterocycles. The second kappa shape index (κ2) is 7.21. The summed E-state index contributed by atoms with van der Waals surface area (Å²) in [5.74, 6) is -1.35. The number of nitro benzene ring substituents is 1. The highest BCUT2D eigenvalue weighted by atomic mass is 35.5. The minimum Gasteiger partial charge on any atom is -0.454 e. The van der Waals surface area contributed by atoms with E-state index in [0.717, 1.165) is 12.1 Å². The van der Waals surface area contributed by atoms with Gasteiger partial charge in [0, 0.05) is 22.7 Å². The smallest absolute Gasteiger partial charge is 0.340 e. The van der Waals surface area contributed by atoms with Crippen LogP contribution in [0.1, 0.15) is 20.7 Å². The van der Waals surface area contributed by atoms with Crippen LogP contribution < -0.4 is 0 Å². The fourth-order valence-corrected chi connectivity index (χ4v) is 2.03.